The fraction of sp³-hybridized carbons (Fsp3) is 0.235. The Kier molecular flexibility index (Phi) is 4.80. The van der Waals surface area contributed by atoms with Crippen molar-refractivity contribution in [3.05, 3.63) is 48.0 Å². The summed E-state index contributed by atoms with van der Waals surface area (Å²) < 4.78 is 38.9. The summed E-state index contributed by atoms with van der Waals surface area (Å²) >= 11 is 0. The predicted octanol–water partition coefficient (Wildman–Crippen LogP) is 2.01. The monoisotopic (exact) mass is 362 g/mol. The summed E-state index contributed by atoms with van der Waals surface area (Å²) in [6, 6.07) is 10.8. The van der Waals surface area contributed by atoms with Crippen LogP contribution in [-0.2, 0) is 10.0 Å². The lowest BCUT2D eigenvalue weighted by Crippen LogP contribution is -2.21. The average molecular weight is 362 g/mol. The van der Waals surface area contributed by atoms with E-state index < -0.39 is 10.0 Å². The van der Waals surface area contributed by atoms with Crippen molar-refractivity contribution in [2.45, 2.75) is 11.3 Å². The molecule has 2 aromatic rings. The van der Waals surface area contributed by atoms with Crippen LogP contribution in [0.25, 0.3) is 0 Å². The molecule has 0 spiro atoms. The van der Waals surface area contributed by atoms with Crippen LogP contribution in [0.5, 0.6) is 11.5 Å². The largest absolute Gasteiger partial charge is 0.490 e. The molecule has 0 radical (unpaired) electrons. The number of benzene rings is 2. The Balaban J connectivity index is 1.93. The van der Waals surface area contributed by atoms with Crippen molar-refractivity contribution in [3.8, 4) is 11.5 Å². The molecule has 2 N–H and O–H groups in total. The number of para-hydroxylation sites is 1. The lowest BCUT2D eigenvalue weighted by atomic mass is 10.2. The van der Waals surface area contributed by atoms with Gasteiger partial charge in [0, 0.05) is 19.5 Å². The van der Waals surface area contributed by atoms with Crippen LogP contribution in [0.1, 0.15) is 16.8 Å². The summed E-state index contributed by atoms with van der Waals surface area (Å²) in [5, 5.41) is 2.48. The minimum Gasteiger partial charge on any atom is -0.490 e. The van der Waals surface area contributed by atoms with Crippen LogP contribution in [0.4, 0.5) is 5.69 Å². The fourth-order valence-electron chi connectivity index (χ4n) is 2.42. The summed E-state index contributed by atoms with van der Waals surface area (Å²) in [5.41, 5.74) is 0.442. The van der Waals surface area contributed by atoms with Crippen molar-refractivity contribution in [2.24, 2.45) is 0 Å². The molecular formula is C17H18N2O5S. The topological polar surface area (TPSA) is 93.7 Å². The van der Waals surface area contributed by atoms with Crippen molar-refractivity contribution < 1.29 is 22.7 Å². The predicted molar refractivity (Wildman–Crippen MR) is 92.7 cm³/mol. The van der Waals surface area contributed by atoms with E-state index in [9.17, 15) is 13.2 Å². The number of fused-ring (bicyclic) bond motifs is 1. The third-order valence-electron chi connectivity index (χ3n) is 3.67. The van der Waals surface area contributed by atoms with Gasteiger partial charge < -0.3 is 14.8 Å². The standard InChI is InChI=1S/C17H18N2O5S/c1-18-17(20)13-5-2-3-6-14(13)19-25(21,22)12-7-8-15-16(11-12)24-10-4-9-23-15/h2-3,5-8,11,19H,4,9-10H2,1H3,(H,18,20). The van der Waals surface area contributed by atoms with Crippen molar-refractivity contribution in [3.63, 3.8) is 0 Å². The van der Waals surface area contributed by atoms with Gasteiger partial charge in [-0.25, -0.2) is 8.42 Å². The Morgan fingerprint density at radius 3 is 2.52 bits per heavy atom. The number of nitrogens with one attached hydrogen (secondary N) is 2. The summed E-state index contributed by atoms with van der Waals surface area (Å²) in [6.07, 6.45) is 0.731. The van der Waals surface area contributed by atoms with E-state index in [0.717, 1.165) is 6.42 Å². The molecule has 0 saturated heterocycles. The van der Waals surface area contributed by atoms with Gasteiger partial charge in [-0.05, 0) is 24.3 Å². The Morgan fingerprint density at radius 1 is 1.04 bits per heavy atom. The van der Waals surface area contributed by atoms with E-state index in [1.165, 1.54) is 25.2 Å². The molecule has 3 rings (SSSR count). The number of amides is 1. The highest BCUT2D eigenvalue weighted by atomic mass is 32.2. The number of carbonyl (C=O) groups excluding carboxylic acids is 1. The SMILES string of the molecule is CNC(=O)c1ccccc1NS(=O)(=O)c1ccc2c(c1)OCCCO2. The molecule has 1 heterocycles. The quantitative estimate of drug-likeness (QED) is 0.868. The van der Waals surface area contributed by atoms with Crippen LogP contribution in [0.15, 0.2) is 47.4 Å². The van der Waals surface area contributed by atoms with Gasteiger partial charge in [-0.3, -0.25) is 9.52 Å². The molecule has 1 aliphatic heterocycles. The minimum atomic E-state index is -3.89. The van der Waals surface area contributed by atoms with Gasteiger partial charge in [-0.1, -0.05) is 12.1 Å². The molecular weight excluding hydrogens is 344 g/mol. The number of sulfonamides is 1. The van der Waals surface area contributed by atoms with E-state index in [2.05, 4.69) is 10.0 Å². The van der Waals surface area contributed by atoms with Gasteiger partial charge in [0.15, 0.2) is 11.5 Å². The third-order valence-corrected chi connectivity index (χ3v) is 5.04. The van der Waals surface area contributed by atoms with E-state index in [0.29, 0.717) is 24.7 Å². The van der Waals surface area contributed by atoms with Crippen LogP contribution >= 0.6 is 0 Å². The Hall–Kier alpha value is -2.74. The zero-order chi connectivity index (χ0) is 17.9. The van der Waals surface area contributed by atoms with Crippen LogP contribution in [0, 0.1) is 0 Å². The molecule has 2 aromatic carbocycles. The van der Waals surface area contributed by atoms with E-state index in [1.54, 1.807) is 24.3 Å². The van der Waals surface area contributed by atoms with E-state index in [-0.39, 0.29) is 22.1 Å². The Labute approximate surface area is 146 Å². The maximum atomic E-state index is 12.7. The second-order valence-electron chi connectivity index (χ2n) is 5.39. The molecule has 25 heavy (non-hydrogen) atoms. The second-order valence-corrected chi connectivity index (χ2v) is 7.07. The maximum Gasteiger partial charge on any atom is 0.262 e. The number of hydrogen-bond donors (Lipinski definition) is 2. The van der Waals surface area contributed by atoms with Gasteiger partial charge >= 0.3 is 0 Å². The van der Waals surface area contributed by atoms with Crippen molar-refractivity contribution >= 4 is 21.6 Å². The number of rotatable bonds is 4. The van der Waals surface area contributed by atoms with E-state index in [1.807, 2.05) is 0 Å². The first kappa shape index (κ1) is 17.1. The third kappa shape index (κ3) is 3.69. The number of anilines is 1. The van der Waals surface area contributed by atoms with Gasteiger partial charge in [-0.15, -0.1) is 0 Å². The van der Waals surface area contributed by atoms with E-state index >= 15 is 0 Å². The lowest BCUT2D eigenvalue weighted by molar-refractivity contribution is 0.0964. The molecule has 0 fully saturated rings. The highest BCUT2D eigenvalue weighted by Gasteiger charge is 2.21. The second kappa shape index (κ2) is 7.02. The minimum absolute atomic E-state index is 0.0310. The molecule has 132 valence electrons. The summed E-state index contributed by atoms with van der Waals surface area (Å²) in [5.74, 6) is 0.527. The molecule has 7 nitrogen and oxygen atoms in total. The average Bonchev–Trinajstić information content (AvgIpc) is 2.86. The highest BCUT2D eigenvalue weighted by molar-refractivity contribution is 7.92. The van der Waals surface area contributed by atoms with Gasteiger partial charge in [0.25, 0.3) is 15.9 Å². The molecule has 0 atom stereocenters. The van der Waals surface area contributed by atoms with Gasteiger partial charge in [-0.2, -0.15) is 0 Å². The normalized spacial score (nSPS) is 13.6. The summed E-state index contributed by atoms with van der Waals surface area (Å²) in [4.78, 5) is 11.9. The molecule has 1 aliphatic rings. The summed E-state index contributed by atoms with van der Waals surface area (Å²) in [7, 11) is -2.40. The molecule has 0 aliphatic carbocycles. The summed E-state index contributed by atoms with van der Waals surface area (Å²) in [6.45, 7) is 0.986. The number of ether oxygens (including phenoxy) is 2. The smallest absolute Gasteiger partial charge is 0.262 e. The number of carbonyl (C=O) groups is 1. The van der Waals surface area contributed by atoms with Crippen molar-refractivity contribution in [1.29, 1.82) is 0 Å². The first-order valence-electron chi connectivity index (χ1n) is 7.75. The zero-order valence-corrected chi connectivity index (χ0v) is 14.4. The van der Waals surface area contributed by atoms with Crippen LogP contribution < -0.4 is 19.5 Å². The first-order valence-corrected chi connectivity index (χ1v) is 9.23. The Morgan fingerprint density at radius 2 is 1.76 bits per heavy atom. The van der Waals surface area contributed by atoms with Crippen molar-refractivity contribution in [2.75, 3.05) is 25.0 Å². The first-order chi connectivity index (χ1) is 12.0. The molecule has 8 heteroatoms. The zero-order valence-electron chi connectivity index (χ0n) is 13.6. The molecule has 0 unspecified atom stereocenters. The molecule has 0 bridgehead atoms. The highest BCUT2D eigenvalue weighted by Crippen LogP contribution is 2.32. The van der Waals surface area contributed by atoms with Gasteiger partial charge in [0.2, 0.25) is 0 Å². The molecule has 0 aromatic heterocycles. The maximum absolute atomic E-state index is 12.7. The van der Waals surface area contributed by atoms with Crippen LogP contribution in [0.3, 0.4) is 0 Å². The van der Waals surface area contributed by atoms with Gasteiger partial charge in [0.05, 0.1) is 29.4 Å². The van der Waals surface area contributed by atoms with Crippen LogP contribution in [0.2, 0.25) is 0 Å². The molecule has 0 saturated carbocycles. The van der Waals surface area contributed by atoms with Gasteiger partial charge in [0.1, 0.15) is 0 Å². The van der Waals surface area contributed by atoms with Crippen molar-refractivity contribution in [1.82, 2.24) is 5.32 Å². The Bertz CT molecular complexity index is 896. The van der Waals surface area contributed by atoms with E-state index in [4.69, 9.17) is 9.47 Å². The van der Waals surface area contributed by atoms with Crippen LogP contribution in [-0.4, -0.2) is 34.6 Å². The fourth-order valence-corrected chi connectivity index (χ4v) is 3.51. The lowest BCUT2D eigenvalue weighted by Gasteiger charge is -2.13. The molecule has 1 amide bonds. The number of hydrogen-bond acceptors (Lipinski definition) is 5.